The number of carbonyl (C=O) groups is 1. The Hall–Kier alpha value is -1.81. The van der Waals surface area contributed by atoms with Crippen molar-refractivity contribution in [3.8, 4) is 0 Å². The summed E-state index contributed by atoms with van der Waals surface area (Å²) < 4.78 is 2.03. The molecule has 0 radical (unpaired) electrons. The second-order valence-electron chi connectivity index (χ2n) is 6.59. The van der Waals surface area contributed by atoms with Crippen LogP contribution in [0.2, 0.25) is 0 Å². The quantitative estimate of drug-likeness (QED) is 0.916. The SMILES string of the molecule is Cc1cc2ccc(C(=O)N[C@@H]3CC4CCN(C4)C3)cn2c1. The Morgan fingerprint density at radius 2 is 2.19 bits per heavy atom. The van der Waals surface area contributed by atoms with E-state index in [0.717, 1.165) is 30.0 Å². The second kappa shape index (κ2) is 4.88. The van der Waals surface area contributed by atoms with Crippen LogP contribution >= 0.6 is 0 Å². The number of nitrogens with zero attached hydrogens (tertiary/aromatic N) is 2. The maximum absolute atomic E-state index is 12.5. The van der Waals surface area contributed by atoms with Crippen molar-refractivity contribution in [1.29, 1.82) is 0 Å². The summed E-state index contributed by atoms with van der Waals surface area (Å²) in [5.41, 5.74) is 3.08. The van der Waals surface area contributed by atoms with Gasteiger partial charge in [0.05, 0.1) is 5.56 Å². The molecule has 2 aliphatic heterocycles. The molecule has 2 bridgehead atoms. The maximum Gasteiger partial charge on any atom is 0.253 e. The third-order valence-corrected chi connectivity index (χ3v) is 4.79. The predicted octanol–water partition coefficient (Wildman–Crippen LogP) is 2.07. The van der Waals surface area contributed by atoms with Crippen LogP contribution in [-0.4, -0.2) is 40.9 Å². The standard InChI is InChI=1S/C17H21N3O/c1-12-6-16-3-2-14(10-20(16)8-12)17(21)18-15-7-13-4-5-19(9-13)11-15/h2-3,6,8,10,13,15H,4-5,7,9,11H2,1H3,(H,18,21)/t13?,15-/m1/s1. The van der Waals surface area contributed by atoms with Crippen molar-refractivity contribution >= 4 is 11.4 Å². The molecule has 2 aliphatic rings. The Kier molecular flexibility index (Phi) is 3.00. The van der Waals surface area contributed by atoms with E-state index in [-0.39, 0.29) is 5.91 Å². The lowest BCUT2D eigenvalue weighted by atomic mass is 9.96. The van der Waals surface area contributed by atoms with Crippen molar-refractivity contribution in [2.75, 3.05) is 19.6 Å². The third kappa shape index (κ3) is 2.44. The molecule has 110 valence electrons. The summed E-state index contributed by atoms with van der Waals surface area (Å²) in [5.74, 6) is 0.828. The lowest BCUT2D eigenvalue weighted by molar-refractivity contribution is 0.0909. The highest BCUT2D eigenvalue weighted by Crippen LogP contribution is 2.26. The normalized spacial score (nSPS) is 28.0. The summed E-state index contributed by atoms with van der Waals surface area (Å²) in [6.07, 6.45) is 6.40. The van der Waals surface area contributed by atoms with Crippen LogP contribution in [0.15, 0.2) is 30.6 Å². The van der Waals surface area contributed by atoms with E-state index in [9.17, 15) is 4.79 Å². The van der Waals surface area contributed by atoms with E-state index in [1.165, 1.54) is 25.1 Å². The molecule has 1 N–H and O–H groups in total. The number of aryl methyl sites for hydroxylation is 1. The minimum Gasteiger partial charge on any atom is -0.348 e. The molecule has 1 amide bonds. The van der Waals surface area contributed by atoms with E-state index in [0.29, 0.717) is 6.04 Å². The molecule has 4 heteroatoms. The lowest BCUT2D eigenvalue weighted by Gasteiger charge is -2.30. The molecule has 3 atom stereocenters. The first-order valence-electron chi connectivity index (χ1n) is 7.79. The van der Waals surface area contributed by atoms with Crippen molar-refractivity contribution in [2.24, 2.45) is 5.92 Å². The Balaban J connectivity index is 1.50. The minimum atomic E-state index is 0.0516. The zero-order chi connectivity index (χ0) is 14.4. The molecular weight excluding hydrogens is 262 g/mol. The summed E-state index contributed by atoms with van der Waals surface area (Å²) in [7, 11) is 0. The third-order valence-electron chi connectivity index (χ3n) is 4.79. The van der Waals surface area contributed by atoms with Crippen LogP contribution in [0.3, 0.4) is 0 Å². The number of amides is 1. The summed E-state index contributed by atoms with van der Waals surface area (Å²) in [5, 5.41) is 3.21. The van der Waals surface area contributed by atoms with Gasteiger partial charge in [-0.3, -0.25) is 4.79 Å². The monoisotopic (exact) mass is 283 g/mol. The molecule has 2 fully saturated rings. The van der Waals surface area contributed by atoms with E-state index < -0.39 is 0 Å². The molecule has 4 rings (SSSR count). The van der Waals surface area contributed by atoms with Gasteiger partial charge in [0.1, 0.15) is 0 Å². The van der Waals surface area contributed by atoms with Gasteiger partial charge in [0.15, 0.2) is 0 Å². The molecule has 2 unspecified atom stereocenters. The van der Waals surface area contributed by atoms with Crippen LogP contribution < -0.4 is 5.32 Å². The zero-order valence-electron chi connectivity index (χ0n) is 12.4. The van der Waals surface area contributed by atoms with Crippen LogP contribution in [0.4, 0.5) is 0 Å². The van der Waals surface area contributed by atoms with Crippen LogP contribution in [-0.2, 0) is 0 Å². The summed E-state index contributed by atoms with van der Waals surface area (Å²) in [6.45, 7) is 5.50. The fourth-order valence-corrected chi connectivity index (χ4v) is 3.82. The number of pyridine rings is 1. The van der Waals surface area contributed by atoms with Crippen molar-refractivity contribution in [1.82, 2.24) is 14.6 Å². The van der Waals surface area contributed by atoms with Gasteiger partial charge in [0.25, 0.3) is 5.91 Å². The highest BCUT2D eigenvalue weighted by Gasteiger charge is 2.32. The fraction of sp³-hybridized carbons (Fsp3) is 0.471. The first kappa shape index (κ1) is 12.9. The van der Waals surface area contributed by atoms with E-state index >= 15 is 0 Å². The predicted molar refractivity (Wildman–Crippen MR) is 82.6 cm³/mol. The summed E-state index contributed by atoms with van der Waals surface area (Å²) >= 11 is 0. The molecule has 2 aromatic heterocycles. The van der Waals surface area contributed by atoms with Gasteiger partial charge in [0, 0.05) is 37.0 Å². The summed E-state index contributed by atoms with van der Waals surface area (Å²) in [6, 6.07) is 6.35. The van der Waals surface area contributed by atoms with Crippen LogP contribution in [0.25, 0.3) is 5.52 Å². The van der Waals surface area contributed by atoms with E-state index in [2.05, 4.69) is 29.4 Å². The average Bonchev–Trinajstić information content (AvgIpc) is 2.99. The van der Waals surface area contributed by atoms with Crippen molar-refractivity contribution in [3.05, 3.63) is 41.7 Å². The Labute approximate surface area is 124 Å². The molecule has 4 nitrogen and oxygen atoms in total. The molecular formula is C17H21N3O. The van der Waals surface area contributed by atoms with Crippen molar-refractivity contribution in [2.45, 2.75) is 25.8 Å². The second-order valence-corrected chi connectivity index (χ2v) is 6.59. The average molecular weight is 283 g/mol. The van der Waals surface area contributed by atoms with Crippen LogP contribution in [0, 0.1) is 12.8 Å². The number of carbonyl (C=O) groups excluding carboxylic acids is 1. The number of nitrogens with one attached hydrogen (secondary N) is 1. The first-order valence-corrected chi connectivity index (χ1v) is 7.79. The van der Waals surface area contributed by atoms with Gasteiger partial charge in [-0.1, -0.05) is 0 Å². The van der Waals surface area contributed by atoms with Crippen LogP contribution in [0.1, 0.15) is 28.8 Å². The summed E-state index contributed by atoms with van der Waals surface area (Å²) in [4.78, 5) is 14.9. The molecule has 0 saturated carbocycles. The number of hydrogen-bond acceptors (Lipinski definition) is 2. The number of aromatic nitrogens is 1. The number of fused-ring (bicyclic) bond motifs is 3. The Morgan fingerprint density at radius 1 is 1.29 bits per heavy atom. The van der Waals surface area contributed by atoms with Crippen LogP contribution in [0.5, 0.6) is 0 Å². The van der Waals surface area contributed by atoms with Crippen molar-refractivity contribution < 1.29 is 4.79 Å². The molecule has 0 spiro atoms. The van der Waals surface area contributed by atoms with Gasteiger partial charge in [0.2, 0.25) is 0 Å². The van der Waals surface area contributed by atoms with Gasteiger partial charge >= 0.3 is 0 Å². The van der Waals surface area contributed by atoms with Gasteiger partial charge in [-0.15, -0.1) is 0 Å². The Bertz CT molecular complexity index is 678. The molecule has 4 heterocycles. The molecule has 21 heavy (non-hydrogen) atoms. The molecule has 2 saturated heterocycles. The van der Waals surface area contributed by atoms with Gasteiger partial charge in [-0.05, 0) is 56.0 Å². The largest absolute Gasteiger partial charge is 0.348 e. The van der Waals surface area contributed by atoms with Gasteiger partial charge in [-0.25, -0.2) is 0 Å². The van der Waals surface area contributed by atoms with Crippen molar-refractivity contribution in [3.63, 3.8) is 0 Å². The fourth-order valence-electron chi connectivity index (χ4n) is 3.82. The highest BCUT2D eigenvalue weighted by molar-refractivity contribution is 5.94. The molecule has 0 aromatic carbocycles. The van der Waals surface area contributed by atoms with Gasteiger partial charge in [-0.2, -0.15) is 0 Å². The number of rotatable bonds is 2. The maximum atomic E-state index is 12.5. The zero-order valence-corrected chi connectivity index (χ0v) is 12.4. The minimum absolute atomic E-state index is 0.0516. The number of piperidine rings is 1. The molecule has 0 aliphatic carbocycles. The topological polar surface area (TPSA) is 36.8 Å². The van der Waals surface area contributed by atoms with E-state index in [1.54, 1.807) is 0 Å². The lowest BCUT2D eigenvalue weighted by Crippen LogP contribution is -2.47. The Morgan fingerprint density at radius 3 is 3.05 bits per heavy atom. The van der Waals surface area contributed by atoms with E-state index in [1.807, 2.05) is 22.7 Å². The highest BCUT2D eigenvalue weighted by atomic mass is 16.1. The molecule has 2 aromatic rings. The first-order chi connectivity index (χ1) is 10.2. The van der Waals surface area contributed by atoms with Gasteiger partial charge < -0.3 is 14.6 Å². The van der Waals surface area contributed by atoms with E-state index in [4.69, 9.17) is 0 Å². The number of hydrogen-bond donors (Lipinski definition) is 1. The smallest absolute Gasteiger partial charge is 0.253 e.